The molecule has 0 heterocycles. The molecule has 118 valence electrons. The van der Waals surface area contributed by atoms with Gasteiger partial charge in [0.15, 0.2) is 0 Å². The number of unbranched alkanes of at least 4 members (excludes halogenated alkanes) is 4. The highest BCUT2D eigenvalue weighted by atomic mass is 79.9. The molecule has 21 heavy (non-hydrogen) atoms. The van der Waals surface area contributed by atoms with Gasteiger partial charge in [0, 0.05) is 4.83 Å². The van der Waals surface area contributed by atoms with E-state index in [4.69, 9.17) is 0 Å². The lowest BCUT2D eigenvalue weighted by Gasteiger charge is -2.22. The van der Waals surface area contributed by atoms with Crippen molar-refractivity contribution in [2.45, 2.75) is 88.3 Å². The Morgan fingerprint density at radius 3 is 2.29 bits per heavy atom. The molecule has 1 fully saturated rings. The first kappa shape index (κ1) is 17.1. The molecule has 0 saturated heterocycles. The lowest BCUT2D eigenvalue weighted by atomic mass is 9.84. The van der Waals surface area contributed by atoms with Crippen LogP contribution in [0, 0.1) is 0 Å². The molecule has 1 heteroatoms. The van der Waals surface area contributed by atoms with Gasteiger partial charge in [-0.05, 0) is 36.3 Å². The van der Waals surface area contributed by atoms with Crippen LogP contribution in [0.2, 0.25) is 0 Å². The number of rotatable bonds is 8. The van der Waals surface area contributed by atoms with Crippen molar-refractivity contribution >= 4 is 15.9 Å². The molecule has 1 aromatic rings. The lowest BCUT2D eigenvalue weighted by Crippen LogP contribution is -2.04. The second-order valence-corrected chi connectivity index (χ2v) is 7.78. The van der Waals surface area contributed by atoms with Gasteiger partial charge in [-0.15, -0.1) is 0 Å². The Hall–Kier alpha value is -0.300. The average Bonchev–Trinajstić information content (AvgIpc) is 2.55. The lowest BCUT2D eigenvalue weighted by molar-refractivity contribution is 0.443. The number of benzene rings is 1. The van der Waals surface area contributed by atoms with E-state index in [0.29, 0.717) is 4.83 Å². The fourth-order valence-electron chi connectivity index (χ4n) is 3.51. The molecule has 1 unspecified atom stereocenters. The predicted octanol–water partition coefficient (Wildman–Crippen LogP) is 7.53. The molecule has 0 N–H and O–H groups in total. The quantitative estimate of drug-likeness (QED) is 0.335. The molecule has 1 aliphatic carbocycles. The van der Waals surface area contributed by atoms with Crippen LogP contribution in [0.5, 0.6) is 0 Å². The fourth-order valence-corrected chi connectivity index (χ4v) is 4.14. The minimum Gasteiger partial charge on any atom is -0.0839 e. The van der Waals surface area contributed by atoms with E-state index in [2.05, 4.69) is 47.1 Å². The highest BCUT2D eigenvalue weighted by Crippen LogP contribution is 2.34. The van der Waals surface area contributed by atoms with Crippen LogP contribution in [-0.2, 0) is 0 Å². The van der Waals surface area contributed by atoms with Crippen LogP contribution in [0.1, 0.15) is 99.4 Å². The molecule has 0 amide bonds. The maximum Gasteiger partial charge on any atom is 0.0395 e. The van der Waals surface area contributed by atoms with Crippen LogP contribution in [0.4, 0.5) is 0 Å². The summed E-state index contributed by atoms with van der Waals surface area (Å²) in [6.07, 6.45) is 15.2. The highest BCUT2D eigenvalue weighted by Gasteiger charge is 2.15. The summed E-state index contributed by atoms with van der Waals surface area (Å²) in [5.74, 6) is 0.829. The summed E-state index contributed by atoms with van der Waals surface area (Å²) >= 11 is 3.88. The van der Waals surface area contributed by atoms with Crippen molar-refractivity contribution in [3.63, 3.8) is 0 Å². The van der Waals surface area contributed by atoms with Gasteiger partial charge in [-0.2, -0.15) is 0 Å². The molecular weight excluding hydrogens is 320 g/mol. The van der Waals surface area contributed by atoms with E-state index in [-0.39, 0.29) is 0 Å². The molecule has 0 radical (unpaired) electrons. The Labute approximate surface area is 139 Å². The SMILES string of the molecule is CCCCCCCC(Br)c1ccc(C2CCCCC2)cc1. The topological polar surface area (TPSA) is 0 Å². The zero-order valence-corrected chi connectivity index (χ0v) is 15.2. The third kappa shape index (κ3) is 5.77. The van der Waals surface area contributed by atoms with E-state index in [0.717, 1.165) is 5.92 Å². The van der Waals surface area contributed by atoms with E-state index in [9.17, 15) is 0 Å². The van der Waals surface area contributed by atoms with Crippen molar-refractivity contribution in [3.8, 4) is 0 Å². The van der Waals surface area contributed by atoms with Crippen molar-refractivity contribution in [2.75, 3.05) is 0 Å². The summed E-state index contributed by atoms with van der Waals surface area (Å²) in [4.78, 5) is 0.541. The molecule has 1 saturated carbocycles. The van der Waals surface area contributed by atoms with Crippen LogP contribution in [0.25, 0.3) is 0 Å². The second kappa shape index (κ2) is 9.66. The van der Waals surface area contributed by atoms with Crippen LogP contribution >= 0.6 is 15.9 Å². The molecular formula is C20H31Br. The van der Waals surface area contributed by atoms with Gasteiger partial charge in [-0.3, -0.25) is 0 Å². The molecule has 0 aromatic heterocycles. The summed E-state index contributed by atoms with van der Waals surface area (Å²) in [5, 5.41) is 0. The van der Waals surface area contributed by atoms with Gasteiger partial charge in [0.25, 0.3) is 0 Å². The molecule has 1 aliphatic rings. The second-order valence-electron chi connectivity index (χ2n) is 6.67. The maximum atomic E-state index is 3.88. The van der Waals surface area contributed by atoms with Crippen molar-refractivity contribution in [3.05, 3.63) is 35.4 Å². The third-order valence-electron chi connectivity index (χ3n) is 4.94. The smallest absolute Gasteiger partial charge is 0.0395 e. The summed E-state index contributed by atoms with van der Waals surface area (Å²) in [5.41, 5.74) is 3.03. The normalized spacial score (nSPS) is 17.8. The van der Waals surface area contributed by atoms with E-state index in [1.54, 1.807) is 5.56 Å². The van der Waals surface area contributed by atoms with Crippen LogP contribution in [0.15, 0.2) is 24.3 Å². The molecule has 2 rings (SSSR count). The number of halogens is 1. The summed E-state index contributed by atoms with van der Waals surface area (Å²) in [7, 11) is 0. The van der Waals surface area contributed by atoms with Crippen molar-refractivity contribution < 1.29 is 0 Å². The van der Waals surface area contributed by atoms with Crippen molar-refractivity contribution in [1.29, 1.82) is 0 Å². The molecule has 0 spiro atoms. The Balaban J connectivity index is 1.77. The minimum absolute atomic E-state index is 0.541. The van der Waals surface area contributed by atoms with Gasteiger partial charge in [0.2, 0.25) is 0 Å². The van der Waals surface area contributed by atoms with Crippen LogP contribution in [-0.4, -0.2) is 0 Å². The minimum atomic E-state index is 0.541. The number of hydrogen-bond donors (Lipinski definition) is 0. The molecule has 1 atom stereocenters. The van der Waals surface area contributed by atoms with Gasteiger partial charge in [0.1, 0.15) is 0 Å². The van der Waals surface area contributed by atoms with Crippen molar-refractivity contribution in [1.82, 2.24) is 0 Å². The van der Waals surface area contributed by atoms with Crippen LogP contribution < -0.4 is 0 Å². The van der Waals surface area contributed by atoms with E-state index < -0.39 is 0 Å². The highest BCUT2D eigenvalue weighted by molar-refractivity contribution is 9.09. The Kier molecular flexibility index (Phi) is 7.85. The fraction of sp³-hybridized carbons (Fsp3) is 0.700. The van der Waals surface area contributed by atoms with Crippen LogP contribution in [0.3, 0.4) is 0 Å². The number of hydrogen-bond acceptors (Lipinski definition) is 0. The Bertz CT molecular complexity index is 375. The summed E-state index contributed by atoms with van der Waals surface area (Å²) in [6, 6.07) is 9.48. The average molecular weight is 351 g/mol. The molecule has 1 aromatic carbocycles. The molecule has 0 bridgehead atoms. The first-order valence-corrected chi connectivity index (χ1v) is 9.96. The van der Waals surface area contributed by atoms with Gasteiger partial charge in [-0.1, -0.05) is 98.5 Å². The summed E-state index contributed by atoms with van der Waals surface area (Å²) in [6.45, 7) is 2.28. The number of alkyl halides is 1. The Morgan fingerprint density at radius 2 is 1.62 bits per heavy atom. The zero-order valence-electron chi connectivity index (χ0n) is 13.6. The largest absolute Gasteiger partial charge is 0.0839 e. The van der Waals surface area contributed by atoms with Gasteiger partial charge < -0.3 is 0 Å². The third-order valence-corrected chi connectivity index (χ3v) is 5.92. The standard InChI is InChI=1S/C20H31Br/c1-2-3-4-5-9-12-20(21)19-15-13-18(14-16-19)17-10-7-6-8-11-17/h13-17,20H,2-12H2,1H3. The van der Waals surface area contributed by atoms with Gasteiger partial charge in [-0.25, -0.2) is 0 Å². The van der Waals surface area contributed by atoms with Gasteiger partial charge >= 0.3 is 0 Å². The maximum absolute atomic E-state index is 3.88. The van der Waals surface area contributed by atoms with Crippen molar-refractivity contribution in [2.24, 2.45) is 0 Å². The van der Waals surface area contributed by atoms with E-state index >= 15 is 0 Å². The van der Waals surface area contributed by atoms with E-state index in [1.807, 2.05) is 0 Å². The molecule has 0 nitrogen and oxygen atoms in total. The predicted molar refractivity (Wildman–Crippen MR) is 97.3 cm³/mol. The molecule has 0 aliphatic heterocycles. The first-order chi connectivity index (χ1) is 10.3. The Morgan fingerprint density at radius 1 is 0.952 bits per heavy atom. The summed E-state index contributed by atoms with van der Waals surface area (Å²) < 4.78 is 0. The van der Waals surface area contributed by atoms with Gasteiger partial charge in [0.05, 0.1) is 0 Å². The monoisotopic (exact) mass is 350 g/mol. The first-order valence-electron chi connectivity index (χ1n) is 9.05. The van der Waals surface area contributed by atoms with E-state index in [1.165, 1.54) is 76.2 Å². The zero-order chi connectivity index (χ0) is 14.9.